The fourth-order valence-electron chi connectivity index (χ4n) is 2.28. The average molecular weight is 287 g/mol. The predicted octanol–water partition coefficient (Wildman–Crippen LogP) is 3.57. The van der Waals surface area contributed by atoms with Gasteiger partial charge in [-0.25, -0.2) is 0 Å². The number of rotatable bonds is 7. The Bertz CT molecular complexity index is 211. The molecule has 0 aliphatic carbocycles. The highest BCUT2D eigenvalue weighted by molar-refractivity contribution is 4.68. The van der Waals surface area contributed by atoms with Crippen molar-refractivity contribution < 1.29 is 4.74 Å². The zero-order valence-electron chi connectivity index (χ0n) is 14.5. The number of hydrogen-bond acceptors (Lipinski definition) is 3. The van der Waals surface area contributed by atoms with E-state index in [1.54, 1.807) is 0 Å². The van der Waals surface area contributed by atoms with E-state index in [1.165, 1.54) is 32.4 Å². The van der Waals surface area contributed by atoms with Crippen LogP contribution in [0.5, 0.6) is 0 Å². The lowest BCUT2D eigenvalue weighted by Crippen LogP contribution is -2.28. The largest absolute Gasteiger partial charge is 0.376 e. The van der Waals surface area contributed by atoms with Crippen molar-refractivity contribution in [3.63, 3.8) is 0 Å². The van der Waals surface area contributed by atoms with Crippen LogP contribution in [0.15, 0.2) is 0 Å². The molecule has 122 valence electrons. The van der Waals surface area contributed by atoms with Gasteiger partial charge in [0.25, 0.3) is 0 Å². The summed E-state index contributed by atoms with van der Waals surface area (Å²) in [5.41, 5.74) is 5.43. The molecule has 0 aromatic carbocycles. The molecule has 3 heteroatoms. The number of piperidine rings is 1. The smallest absolute Gasteiger partial charge is 0.0638 e. The Kier molecular flexibility index (Phi) is 11.5. The van der Waals surface area contributed by atoms with Crippen LogP contribution >= 0.6 is 0 Å². The molecule has 0 unspecified atom stereocenters. The molecule has 1 rings (SSSR count). The van der Waals surface area contributed by atoms with Gasteiger partial charge in [-0.2, -0.15) is 0 Å². The van der Waals surface area contributed by atoms with E-state index in [0.717, 1.165) is 31.3 Å². The van der Waals surface area contributed by atoms with E-state index < -0.39 is 0 Å². The van der Waals surface area contributed by atoms with Crippen molar-refractivity contribution in [2.24, 2.45) is 17.6 Å². The maximum Gasteiger partial charge on any atom is 0.0638 e. The van der Waals surface area contributed by atoms with Gasteiger partial charge in [-0.3, -0.25) is 0 Å². The van der Waals surface area contributed by atoms with Crippen LogP contribution in [-0.2, 0) is 4.74 Å². The van der Waals surface area contributed by atoms with E-state index in [0.29, 0.717) is 6.54 Å². The molecule has 1 aliphatic rings. The van der Waals surface area contributed by atoms with Crippen LogP contribution in [0, 0.1) is 11.8 Å². The van der Waals surface area contributed by atoms with E-state index >= 15 is 0 Å². The van der Waals surface area contributed by atoms with Gasteiger partial charge in [-0.05, 0) is 71.0 Å². The lowest BCUT2D eigenvalue weighted by atomic mass is 9.96. The Morgan fingerprint density at radius 1 is 1.25 bits per heavy atom. The second kappa shape index (κ2) is 11.5. The Balaban J connectivity index is 0.000000388. The van der Waals surface area contributed by atoms with Crippen molar-refractivity contribution in [1.29, 1.82) is 0 Å². The van der Waals surface area contributed by atoms with Crippen LogP contribution in [-0.4, -0.2) is 31.8 Å². The van der Waals surface area contributed by atoms with Gasteiger partial charge in [0.05, 0.1) is 5.60 Å². The SMILES string of the molecule is CC(C)CCOC(C)(C)CCN.CCC1CCNCC1. The van der Waals surface area contributed by atoms with Crippen LogP contribution in [0.3, 0.4) is 0 Å². The van der Waals surface area contributed by atoms with E-state index in [1.807, 2.05) is 0 Å². The molecule has 3 N–H and O–H groups in total. The molecule has 0 aromatic heterocycles. The first-order valence-electron chi connectivity index (χ1n) is 8.46. The number of ether oxygens (including phenoxy) is 1. The fourth-order valence-corrected chi connectivity index (χ4v) is 2.28. The monoisotopic (exact) mass is 286 g/mol. The average Bonchev–Trinajstić information content (AvgIpc) is 2.39. The van der Waals surface area contributed by atoms with Gasteiger partial charge in [0.15, 0.2) is 0 Å². The second-order valence-electron chi connectivity index (χ2n) is 6.93. The van der Waals surface area contributed by atoms with Crippen molar-refractivity contribution >= 4 is 0 Å². The predicted molar refractivity (Wildman–Crippen MR) is 89.0 cm³/mol. The molecule has 0 radical (unpaired) electrons. The van der Waals surface area contributed by atoms with Crippen LogP contribution in [0.1, 0.15) is 66.7 Å². The third kappa shape index (κ3) is 11.7. The van der Waals surface area contributed by atoms with Crippen LogP contribution in [0.4, 0.5) is 0 Å². The molecular formula is C17H38N2O. The first kappa shape index (κ1) is 19.9. The van der Waals surface area contributed by atoms with Crippen LogP contribution in [0.2, 0.25) is 0 Å². The Hall–Kier alpha value is -0.120. The summed E-state index contributed by atoms with van der Waals surface area (Å²) in [6.45, 7) is 14.9. The molecule has 0 bridgehead atoms. The minimum absolute atomic E-state index is 0.0381. The van der Waals surface area contributed by atoms with Crippen LogP contribution < -0.4 is 11.1 Å². The van der Waals surface area contributed by atoms with Gasteiger partial charge in [-0.15, -0.1) is 0 Å². The van der Waals surface area contributed by atoms with Crippen molar-refractivity contribution in [2.45, 2.75) is 72.3 Å². The van der Waals surface area contributed by atoms with Gasteiger partial charge < -0.3 is 15.8 Å². The number of nitrogens with one attached hydrogen (secondary N) is 1. The van der Waals surface area contributed by atoms with Crippen molar-refractivity contribution in [3.8, 4) is 0 Å². The summed E-state index contributed by atoms with van der Waals surface area (Å²) in [6, 6.07) is 0. The van der Waals surface area contributed by atoms with Gasteiger partial charge >= 0.3 is 0 Å². The lowest BCUT2D eigenvalue weighted by Gasteiger charge is -2.25. The third-order valence-electron chi connectivity index (χ3n) is 3.97. The van der Waals surface area contributed by atoms with Crippen LogP contribution in [0.25, 0.3) is 0 Å². The van der Waals surface area contributed by atoms with Gasteiger partial charge in [0, 0.05) is 6.61 Å². The first-order valence-corrected chi connectivity index (χ1v) is 8.46. The summed E-state index contributed by atoms with van der Waals surface area (Å²) in [4.78, 5) is 0. The topological polar surface area (TPSA) is 47.3 Å². The summed E-state index contributed by atoms with van der Waals surface area (Å²) in [7, 11) is 0. The number of nitrogens with two attached hydrogens (primary N) is 1. The Morgan fingerprint density at radius 3 is 2.25 bits per heavy atom. The highest BCUT2D eigenvalue weighted by atomic mass is 16.5. The quantitative estimate of drug-likeness (QED) is 0.752. The zero-order valence-corrected chi connectivity index (χ0v) is 14.5. The fraction of sp³-hybridized carbons (Fsp3) is 1.00. The number of hydrogen-bond donors (Lipinski definition) is 2. The molecular weight excluding hydrogens is 248 g/mol. The summed E-state index contributed by atoms with van der Waals surface area (Å²) >= 11 is 0. The van der Waals surface area contributed by atoms with E-state index in [2.05, 4.69) is 39.9 Å². The molecule has 0 atom stereocenters. The van der Waals surface area contributed by atoms with Gasteiger partial charge in [0.2, 0.25) is 0 Å². The third-order valence-corrected chi connectivity index (χ3v) is 3.97. The standard InChI is InChI=1S/C10H23NO.C7H15N/c1-9(2)5-8-12-10(3,4)6-7-11;1-2-7-3-5-8-6-4-7/h9H,5-8,11H2,1-4H3;7-8H,2-6H2,1H3. The van der Waals surface area contributed by atoms with Crippen molar-refractivity contribution in [3.05, 3.63) is 0 Å². The first-order chi connectivity index (χ1) is 9.41. The molecule has 1 saturated heterocycles. The minimum Gasteiger partial charge on any atom is -0.376 e. The van der Waals surface area contributed by atoms with E-state index in [9.17, 15) is 0 Å². The molecule has 1 fully saturated rings. The minimum atomic E-state index is -0.0381. The molecule has 1 aliphatic heterocycles. The Morgan fingerprint density at radius 2 is 1.85 bits per heavy atom. The molecule has 0 spiro atoms. The highest BCUT2D eigenvalue weighted by Crippen LogP contribution is 2.15. The van der Waals surface area contributed by atoms with Gasteiger partial charge in [0.1, 0.15) is 0 Å². The zero-order chi connectivity index (χ0) is 15.4. The van der Waals surface area contributed by atoms with E-state index in [-0.39, 0.29) is 5.60 Å². The van der Waals surface area contributed by atoms with Crippen molar-refractivity contribution in [1.82, 2.24) is 5.32 Å². The Labute approximate surface area is 127 Å². The molecule has 3 nitrogen and oxygen atoms in total. The maximum absolute atomic E-state index is 5.70. The van der Waals surface area contributed by atoms with Crippen molar-refractivity contribution in [2.75, 3.05) is 26.2 Å². The summed E-state index contributed by atoms with van der Waals surface area (Å²) in [5, 5.41) is 3.35. The summed E-state index contributed by atoms with van der Waals surface area (Å²) in [5.74, 6) is 1.75. The maximum atomic E-state index is 5.70. The molecule has 0 saturated carbocycles. The summed E-state index contributed by atoms with van der Waals surface area (Å²) < 4.78 is 5.70. The highest BCUT2D eigenvalue weighted by Gasteiger charge is 2.16. The normalized spacial score (nSPS) is 16.9. The molecule has 20 heavy (non-hydrogen) atoms. The molecule has 0 amide bonds. The second-order valence-corrected chi connectivity index (χ2v) is 6.93. The lowest BCUT2D eigenvalue weighted by molar-refractivity contribution is -0.0259. The summed E-state index contributed by atoms with van der Waals surface area (Å²) in [6.07, 6.45) is 6.24. The van der Waals surface area contributed by atoms with Gasteiger partial charge in [-0.1, -0.05) is 27.2 Å². The molecule has 0 aromatic rings. The molecule has 1 heterocycles. The van der Waals surface area contributed by atoms with E-state index in [4.69, 9.17) is 10.5 Å².